The molecule has 1 aromatic carbocycles. The van der Waals surface area contributed by atoms with Crippen molar-refractivity contribution >= 4 is 34.7 Å². The second kappa shape index (κ2) is 7.29. The third kappa shape index (κ3) is 3.26. The molecule has 0 radical (unpaired) electrons. The van der Waals surface area contributed by atoms with Gasteiger partial charge in [-0.3, -0.25) is 0 Å². The first-order chi connectivity index (χ1) is 14.2. The number of nitrogens with one attached hydrogen (secondary N) is 1. The predicted molar refractivity (Wildman–Crippen MR) is 116 cm³/mol. The van der Waals surface area contributed by atoms with Crippen LogP contribution in [0.1, 0.15) is 46.5 Å². The Morgan fingerprint density at radius 2 is 1.93 bits per heavy atom. The molecule has 5 aliphatic rings. The van der Waals surface area contributed by atoms with Gasteiger partial charge in [-0.15, -0.1) is 0 Å². The maximum atomic E-state index is 6.54. The zero-order valence-electron chi connectivity index (χ0n) is 17.5. The van der Waals surface area contributed by atoms with Gasteiger partial charge < -0.3 is 19.5 Å². The third-order valence-electron chi connectivity index (χ3n) is 7.41. The van der Waals surface area contributed by atoms with Crippen molar-refractivity contribution in [2.24, 2.45) is 17.8 Å². The molecule has 5 fully saturated rings. The van der Waals surface area contributed by atoms with Crippen molar-refractivity contribution in [1.29, 1.82) is 0 Å². The monoisotopic (exact) mass is 453 g/mol. The van der Waals surface area contributed by atoms with Gasteiger partial charge in [0.05, 0.1) is 0 Å². The highest BCUT2D eigenvalue weighted by atomic mass is 35.5. The zero-order valence-corrected chi connectivity index (χ0v) is 19.1. The van der Waals surface area contributed by atoms with Crippen LogP contribution in [-0.4, -0.2) is 35.1 Å². The fourth-order valence-electron chi connectivity index (χ4n) is 5.84. The maximum Gasteiger partial charge on any atom is 0.261 e. The Morgan fingerprint density at radius 3 is 2.70 bits per heavy atom. The average molecular weight is 454 g/mol. The van der Waals surface area contributed by atoms with Crippen molar-refractivity contribution < 1.29 is 24.0 Å². The lowest BCUT2D eigenvalue weighted by Gasteiger charge is -2.50. The normalized spacial score (nSPS) is 44.3. The molecule has 1 N–H and O–H groups in total. The molecule has 8 heteroatoms. The SMILES string of the molecule is C[C@@H]1CC[C@@H]2[C@]34OO[C@@](C)(CCC13)O[C@H]4O[C@]2(C)COC(=S)Nc1ccc(Cl)cc1. The molecule has 4 aliphatic heterocycles. The van der Waals surface area contributed by atoms with E-state index in [9.17, 15) is 0 Å². The van der Waals surface area contributed by atoms with E-state index in [2.05, 4.69) is 19.2 Å². The number of ether oxygens (including phenoxy) is 3. The Hall–Kier alpha value is -0.960. The lowest BCUT2D eigenvalue weighted by atomic mass is 9.60. The van der Waals surface area contributed by atoms with Crippen LogP contribution >= 0.6 is 23.8 Å². The Balaban J connectivity index is 1.34. The summed E-state index contributed by atoms with van der Waals surface area (Å²) < 4.78 is 18.8. The Labute approximate surface area is 187 Å². The number of thiocarbonyl (C=S) groups is 1. The van der Waals surface area contributed by atoms with Crippen molar-refractivity contribution in [2.75, 3.05) is 11.9 Å². The summed E-state index contributed by atoms with van der Waals surface area (Å²) >= 11 is 11.3. The molecule has 1 unspecified atom stereocenters. The fourth-order valence-corrected chi connectivity index (χ4v) is 6.14. The van der Waals surface area contributed by atoms with E-state index >= 15 is 0 Å². The maximum absolute atomic E-state index is 6.54. The molecule has 0 aromatic heterocycles. The van der Waals surface area contributed by atoms with Gasteiger partial charge in [0.1, 0.15) is 12.2 Å². The predicted octanol–water partition coefficient (Wildman–Crippen LogP) is 5.06. The number of fused-ring (bicyclic) bond motifs is 2. The van der Waals surface area contributed by atoms with E-state index < -0.39 is 23.3 Å². The van der Waals surface area contributed by atoms with E-state index in [0.29, 0.717) is 28.6 Å². The largest absolute Gasteiger partial charge is 0.468 e. The highest BCUT2D eigenvalue weighted by Crippen LogP contribution is 2.63. The molecular formula is C22H28ClNO5S. The summed E-state index contributed by atoms with van der Waals surface area (Å²) in [5.41, 5.74) is -0.374. The summed E-state index contributed by atoms with van der Waals surface area (Å²) in [7, 11) is 0. The van der Waals surface area contributed by atoms with E-state index in [1.165, 1.54) is 0 Å². The molecule has 1 aliphatic carbocycles. The van der Waals surface area contributed by atoms with Gasteiger partial charge in [0, 0.05) is 23.0 Å². The van der Waals surface area contributed by atoms with Crippen LogP contribution in [-0.2, 0) is 24.0 Å². The third-order valence-corrected chi connectivity index (χ3v) is 7.88. The van der Waals surface area contributed by atoms with E-state index in [4.69, 9.17) is 47.8 Å². The second-order valence-corrected chi connectivity index (χ2v) is 10.3. The van der Waals surface area contributed by atoms with Gasteiger partial charge >= 0.3 is 0 Å². The van der Waals surface area contributed by atoms with E-state index in [1.807, 2.05) is 19.1 Å². The summed E-state index contributed by atoms with van der Waals surface area (Å²) in [5.74, 6) is 0.175. The number of benzene rings is 1. The second-order valence-electron chi connectivity index (χ2n) is 9.49. The molecule has 7 atom stereocenters. The molecule has 6 nitrogen and oxygen atoms in total. The molecule has 1 aromatic rings. The van der Waals surface area contributed by atoms with Crippen molar-refractivity contribution in [3.8, 4) is 0 Å². The quantitative estimate of drug-likeness (QED) is 0.507. The number of halogens is 1. The van der Waals surface area contributed by atoms with Gasteiger partial charge in [0.2, 0.25) is 5.79 Å². The number of hydrogen-bond donors (Lipinski definition) is 1. The molecule has 6 rings (SSSR count). The molecule has 164 valence electrons. The molecule has 2 bridgehead atoms. The van der Waals surface area contributed by atoms with E-state index in [1.54, 1.807) is 12.1 Å². The lowest BCUT2D eigenvalue weighted by Crippen LogP contribution is -2.62. The fraction of sp³-hybridized carbons (Fsp3) is 0.682. The summed E-state index contributed by atoms with van der Waals surface area (Å²) in [5, 5.41) is 4.05. The average Bonchev–Trinajstić information content (AvgIpc) is 2.79. The summed E-state index contributed by atoms with van der Waals surface area (Å²) in [4.78, 5) is 12.0. The highest BCUT2D eigenvalue weighted by Gasteiger charge is 2.74. The first kappa shape index (κ1) is 20.9. The minimum Gasteiger partial charge on any atom is -0.468 e. The summed E-state index contributed by atoms with van der Waals surface area (Å²) in [6.07, 6.45) is 3.42. The molecule has 0 amide bonds. The minimum absolute atomic E-state index is 0.0946. The van der Waals surface area contributed by atoms with E-state index in [0.717, 1.165) is 31.4 Å². The standard InChI is InChI=1S/C22H28ClNO5S/c1-13-4-9-17-20(2,12-25-19(30)24-15-7-5-14(23)6-8-15)26-18-22(17)16(13)10-11-21(3,27-18)28-29-22/h5-8,13,16-18H,4,9-12H2,1-3H3,(H,24,30)/t13-,16?,17+,18-,20-,21+,22-/m1/s1. The molecule has 1 saturated carbocycles. The molecule has 1 spiro atoms. The Kier molecular flexibility index (Phi) is 5.08. The molecule has 4 heterocycles. The van der Waals surface area contributed by atoms with E-state index in [-0.39, 0.29) is 5.92 Å². The van der Waals surface area contributed by atoms with Gasteiger partial charge in [0.25, 0.3) is 5.17 Å². The van der Waals surface area contributed by atoms with Crippen LogP contribution in [0.4, 0.5) is 5.69 Å². The number of rotatable bonds is 3. The Bertz CT molecular complexity index is 839. The lowest BCUT2D eigenvalue weighted by molar-refractivity contribution is -0.541. The first-order valence-corrected chi connectivity index (χ1v) is 11.4. The van der Waals surface area contributed by atoms with Gasteiger partial charge in [-0.2, -0.15) is 0 Å². The molecular weight excluding hydrogens is 426 g/mol. The van der Waals surface area contributed by atoms with Crippen LogP contribution in [0.3, 0.4) is 0 Å². The van der Waals surface area contributed by atoms with Gasteiger partial charge in [-0.05, 0) is 81.4 Å². The van der Waals surface area contributed by atoms with Crippen molar-refractivity contribution in [1.82, 2.24) is 0 Å². The van der Waals surface area contributed by atoms with Crippen LogP contribution in [0.15, 0.2) is 24.3 Å². The van der Waals surface area contributed by atoms with Crippen LogP contribution in [0.2, 0.25) is 5.02 Å². The summed E-state index contributed by atoms with van der Waals surface area (Å²) in [6.45, 7) is 6.60. The first-order valence-electron chi connectivity index (χ1n) is 10.7. The van der Waals surface area contributed by atoms with Crippen molar-refractivity contribution in [3.05, 3.63) is 29.3 Å². The number of hydrogen-bond acceptors (Lipinski definition) is 6. The van der Waals surface area contributed by atoms with Crippen LogP contribution in [0, 0.1) is 17.8 Å². The topological polar surface area (TPSA) is 58.2 Å². The molecule has 4 saturated heterocycles. The van der Waals surface area contributed by atoms with Crippen molar-refractivity contribution in [3.63, 3.8) is 0 Å². The molecule has 30 heavy (non-hydrogen) atoms. The van der Waals surface area contributed by atoms with Crippen molar-refractivity contribution in [2.45, 2.75) is 69.7 Å². The smallest absolute Gasteiger partial charge is 0.261 e. The summed E-state index contributed by atoms with van der Waals surface area (Å²) in [6, 6.07) is 7.31. The highest BCUT2D eigenvalue weighted by molar-refractivity contribution is 7.80. The van der Waals surface area contributed by atoms with Gasteiger partial charge in [0.15, 0.2) is 11.9 Å². The van der Waals surface area contributed by atoms with Gasteiger partial charge in [-0.25, -0.2) is 9.78 Å². The minimum atomic E-state index is -0.769. The van der Waals surface area contributed by atoms with Crippen LogP contribution in [0.25, 0.3) is 0 Å². The Morgan fingerprint density at radius 1 is 1.17 bits per heavy atom. The van der Waals surface area contributed by atoms with Gasteiger partial charge in [-0.1, -0.05) is 18.5 Å². The number of anilines is 1. The zero-order chi connectivity index (χ0) is 21.1. The van der Waals surface area contributed by atoms with Crippen LogP contribution < -0.4 is 5.32 Å². The van der Waals surface area contributed by atoms with Crippen LogP contribution in [0.5, 0.6) is 0 Å².